The highest BCUT2D eigenvalue weighted by Crippen LogP contribution is 2.26. The van der Waals surface area contributed by atoms with Crippen LogP contribution in [0, 0.1) is 13.8 Å². The Kier molecular flexibility index (Phi) is 5.88. The predicted octanol–water partition coefficient (Wildman–Crippen LogP) is 3.40. The molecule has 0 saturated carbocycles. The minimum absolute atomic E-state index is 0.0289. The summed E-state index contributed by atoms with van der Waals surface area (Å²) in [5.41, 5.74) is 2.87. The molecule has 0 unspecified atom stereocenters. The van der Waals surface area contributed by atoms with Gasteiger partial charge in [-0.2, -0.15) is 0 Å². The molecule has 2 rings (SSSR count). The number of hydrogen-bond acceptors (Lipinski definition) is 3. The Morgan fingerprint density at radius 1 is 1.17 bits per heavy atom. The molecule has 0 aliphatic carbocycles. The lowest BCUT2D eigenvalue weighted by molar-refractivity contribution is -0.123. The van der Waals surface area contributed by atoms with Gasteiger partial charge in [-0.3, -0.25) is 4.79 Å². The number of aryl methyl sites for hydroxylation is 2. The summed E-state index contributed by atoms with van der Waals surface area (Å²) in [6.07, 6.45) is 0.699. The second kappa shape index (κ2) is 7.88. The van der Waals surface area contributed by atoms with Crippen LogP contribution in [-0.4, -0.2) is 24.2 Å². The Hall–Kier alpha value is -2.20. The standard InChI is InChI=1S/C18H20ClNO3/c1-12-9-15(19)10-13(2)18(12)23-11-17(22)20-8-7-14-3-5-16(21)6-4-14/h3-6,9-10,21H,7-8,11H2,1-2H3,(H,20,22). The lowest BCUT2D eigenvalue weighted by Gasteiger charge is -2.12. The fraction of sp³-hybridized carbons (Fsp3) is 0.278. The van der Waals surface area contributed by atoms with Crippen LogP contribution in [0.5, 0.6) is 11.5 Å². The van der Waals surface area contributed by atoms with Crippen molar-refractivity contribution in [3.05, 3.63) is 58.1 Å². The molecule has 0 spiro atoms. The molecule has 2 aromatic rings. The third-order valence-corrected chi connectivity index (χ3v) is 3.66. The Bertz CT molecular complexity index is 660. The average molecular weight is 334 g/mol. The maximum atomic E-state index is 11.8. The monoisotopic (exact) mass is 333 g/mol. The maximum Gasteiger partial charge on any atom is 0.257 e. The molecule has 5 heteroatoms. The van der Waals surface area contributed by atoms with E-state index in [-0.39, 0.29) is 18.3 Å². The second-order valence-electron chi connectivity index (χ2n) is 5.42. The largest absolute Gasteiger partial charge is 0.508 e. The maximum absolute atomic E-state index is 11.8. The summed E-state index contributed by atoms with van der Waals surface area (Å²) >= 11 is 5.97. The van der Waals surface area contributed by atoms with Gasteiger partial charge in [0.1, 0.15) is 11.5 Å². The van der Waals surface area contributed by atoms with Gasteiger partial charge in [0.05, 0.1) is 0 Å². The molecule has 0 saturated heterocycles. The molecule has 0 aliphatic rings. The molecule has 2 N–H and O–H groups in total. The zero-order valence-electron chi connectivity index (χ0n) is 13.2. The van der Waals surface area contributed by atoms with E-state index in [1.165, 1.54) is 0 Å². The summed E-state index contributed by atoms with van der Waals surface area (Å²) in [6, 6.07) is 10.6. The number of rotatable bonds is 6. The van der Waals surface area contributed by atoms with Crippen LogP contribution in [-0.2, 0) is 11.2 Å². The van der Waals surface area contributed by atoms with Gasteiger partial charge in [0.25, 0.3) is 5.91 Å². The van der Waals surface area contributed by atoms with E-state index < -0.39 is 0 Å². The number of phenolic OH excluding ortho intramolecular Hbond substituents is 1. The molecular formula is C18H20ClNO3. The summed E-state index contributed by atoms with van der Waals surface area (Å²) in [5, 5.41) is 12.7. The van der Waals surface area contributed by atoms with Crippen molar-refractivity contribution in [1.82, 2.24) is 5.32 Å². The van der Waals surface area contributed by atoms with Crippen LogP contribution in [0.25, 0.3) is 0 Å². The van der Waals surface area contributed by atoms with Crippen molar-refractivity contribution in [2.45, 2.75) is 20.3 Å². The molecule has 1 amide bonds. The van der Waals surface area contributed by atoms with E-state index in [1.54, 1.807) is 12.1 Å². The van der Waals surface area contributed by atoms with Crippen LogP contribution < -0.4 is 10.1 Å². The average Bonchev–Trinajstić information content (AvgIpc) is 2.48. The lowest BCUT2D eigenvalue weighted by Crippen LogP contribution is -2.30. The van der Waals surface area contributed by atoms with Gasteiger partial charge >= 0.3 is 0 Å². The van der Waals surface area contributed by atoms with E-state index in [0.717, 1.165) is 16.7 Å². The first-order chi connectivity index (χ1) is 11.0. The van der Waals surface area contributed by atoms with Crippen molar-refractivity contribution in [2.75, 3.05) is 13.2 Å². The highest BCUT2D eigenvalue weighted by molar-refractivity contribution is 6.30. The predicted molar refractivity (Wildman–Crippen MR) is 91.2 cm³/mol. The van der Waals surface area contributed by atoms with Gasteiger partial charge in [-0.15, -0.1) is 0 Å². The van der Waals surface area contributed by atoms with Crippen molar-refractivity contribution >= 4 is 17.5 Å². The van der Waals surface area contributed by atoms with Crippen molar-refractivity contribution < 1.29 is 14.6 Å². The summed E-state index contributed by atoms with van der Waals surface area (Å²) in [4.78, 5) is 11.8. The summed E-state index contributed by atoms with van der Waals surface area (Å²) in [6.45, 7) is 4.29. The number of amides is 1. The number of aromatic hydroxyl groups is 1. The van der Waals surface area contributed by atoms with E-state index >= 15 is 0 Å². The normalized spacial score (nSPS) is 10.4. The quantitative estimate of drug-likeness (QED) is 0.851. The highest BCUT2D eigenvalue weighted by Gasteiger charge is 2.08. The zero-order valence-corrected chi connectivity index (χ0v) is 14.0. The van der Waals surface area contributed by atoms with Gasteiger partial charge in [0, 0.05) is 11.6 Å². The molecule has 0 fully saturated rings. The fourth-order valence-electron chi connectivity index (χ4n) is 2.32. The van der Waals surface area contributed by atoms with Gasteiger partial charge in [-0.05, 0) is 61.2 Å². The van der Waals surface area contributed by atoms with Crippen LogP contribution in [0.15, 0.2) is 36.4 Å². The fourth-order valence-corrected chi connectivity index (χ4v) is 2.65. The molecule has 23 heavy (non-hydrogen) atoms. The van der Waals surface area contributed by atoms with E-state index in [2.05, 4.69) is 5.32 Å². The first-order valence-corrected chi connectivity index (χ1v) is 7.77. The van der Waals surface area contributed by atoms with Crippen LogP contribution in [0.1, 0.15) is 16.7 Å². The summed E-state index contributed by atoms with van der Waals surface area (Å²) < 4.78 is 5.60. The van der Waals surface area contributed by atoms with Crippen molar-refractivity contribution in [3.63, 3.8) is 0 Å². The second-order valence-corrected chi connectivity index (χ2v) is 5.86. The Labute approximate surface area is 141 Å². The first kappa shape index (κ1) is 17.2. The third-order valence-electron chi connectivity index (χ3n) is 3.44. The number of carbonyl (C=O) groups is 1. The SMILES string of the molecule is Cc1cc(Cl)cc(C)c1OCC(=O)NCCc1ccc(O)cc1. The van der Waals surface area contributed by atoms with Crippen LogP contribution in [0.4, 0.5) is 0 Å². The molecule has 0 heterocycles. The molecule has 0 atom stereocenters. The van der Waals surface area contributed by atoms with Gasteiger partial charge in [0.15, 0.2) is 6.61 Å². The molecule has 122 valence electrons. The van der Waals surface area contributed by atoms with Gasteiger partial charge in [0.2, 0.25) is 0 Å². The van der Waals surface area contributed by atoms with Crippen LogP contribution >= 0.6 is 11.6 Å². The van der Waals surface area contributed by atoms with E-state index in [0.29, 0.717) is 23.7 Å². The third kappa shape index (κ3) is 5.18. The van der Waals surface area contributed by atoms with Crippen LogP contribution in [0.3, 0.4) is 0 Å². The van der Waals surface area contributed by atoms with Crippen molar-refractivity contribution in [1.29, 1.82) is 0 Å². The molecule has 0 aromatic heterocycles. The van der Waals surface area contributed by atoms with Crippen LogP contribution in [0.2, 0.25) is 5.02 Å². The van der Waals surface area contributed by atoms with Gasteiger partial charge < -0.3 is 15.2 Å². The van der Waals surface area contributed by atoms with E-state index in [4.69, 9.17) is 16.3 Å². The number of carbonyl (C=O) groups excluding carboxylic acids is 1. The topological polar surface area (TPSA) is 58.6 Å². The number of phenols is 1. The van der Waals surface area contributed by atoms with Gasteiger partial charge in [-0.25, -0.2) is 0 Å². The molecule has 0 bridgehead atoms. The smallest absolute Gasteiger partial charge is 0.257 e. The molecule has 2 aromatic carbocycles. The number of benzene rings is 2. The van der Waals surface area contributed by atoms with Gasteiger partial charge in [-0.1, -0.05) is 23.7 Å². The minimum Gasteiger partial charge on any atom is -0.508 e. The zero-order chi connectivity index (χ0) is 16.8. The van der Waals surface area contributed by atoms with Crippen molar-refractivity contribution in [2.24, 2.45) is 0 Å². The molecule has 0 radical (unpaired) electrons. The minimum atomic E-state index is -0.169. The van der Waals surface area contributed by atoms with Crippen molar-refractivity contribution in [3.8, 4) is 11.5 Å². The number of halogens is 1. The Morgan fingerprint density at radius 2 is 1.78 bits per heavy atom. The Morgan fingerprint density at radius 3 is 2.39 bits per heavy atom. The van der Waals surface area contributed by atoms with E-state index in [9.17, 15) is 9.90 Å². The Balaban J connectivity index is 1.78. The summed E-state index contributed by atoms with van der Waals surface area (Å²) in [5.74, 6) is 0.764. The lowest BCUT2D eigenvalue weighted by atomic mass is 10.1. The molecule has 4 nitrogen and oxygen atoms in total. The number of hydrogen-bond donors (Lipinski definition) is 2. The van der Waals surface area contributed by atoms with E-state index in [1.807, 2.05) is 38.1 Å². The number of nitrogens with one attached hydrogen (secondary N) is 1. The summed E-state index contributed by atoms with van der Waals surface area (Å²) in [7, 11) is 0. The molecular weight excluding hydrogens is 314 g/mol. The highest BCUT2D eigenvalue weighted by atomic mass is 35.5. The first-order valence-electron chi connectivity index (χ1n) is 7.40. The molecule has 0 aliphatic heterocycles. The number of ether oxygens (including phenoxy) is 1.